The van der Waals surface area contributed by atoms with Gasteiger partial charge in [-0.1, -0.05) is 57.6 Å². The first-order chi connectivity index (χ1) is 12.1. The number of ether oxygens (including phenoxy) is 1. The number of methoxy groups -OCH3 is 1. The molecule has 1 aromatic carbocycles. The van der Waals surface area contributed by atoms with E-state index in [9.17, 15) is 14.9 Å². The standard InChI is InChI=1S/C19H30N2O4/c1-3-4-5-6-7-8-9-14-20-18(19(22)25-2)15-16-10-12-17(13-11-16)21(23)24/h10-13,18,20H,3-9,14-15H2,1-2H3/t18-/m1/s1. The number of rotatable bonds is 13. The van der Waals surface area contributed by atoms with Crippen molar-refractivity contribution in [1.29, 1.82) is 0 Å². The summed E-state index contributed by atoms with van der Waals surface area (Å²) in [6, 6.07) is 5.86. The van der Waals surface area contributed by atoms with E-state index in [1.165, 1.54) is 51.3 Å². The van der Waals surface area contributed by atoms with Gasteiger partial charge >= 0.3 is 5.97 Å². The van der Waals surface area contributed by atoms with Crippen LogP contribution in [0, 0.1) is 10.1 Å². The molecule has 0 fully saturated rings. The van der Waals surface area contributed by atoms with Crippen LogP contribution >= 0.6 is 0 Å². The molecule has 1 N–H and O–H groups in total. The molecule has 0 aromatic heterocycles. The van der Waals surface area contributed by atoms with Gasteiger partial charge in [-0.15, -0.1) is 0 Å². The summed E-state index contributed by atoms with van der Waals surface area (Å²) in [4.78, 5) is 22.2. The molecule has 6 heteroatoms. The maximum Gasteiger partial charge on any atom is 0.323 e. The van der Waals surface area contributed by atoms with Crippen LogP contribution in [0.4, 0.5) is 5.69 Å². The van der Waals surface area contributed by atoms with E-state index in [0.29, 0.717) is 6.42 Å². The highest BCUT2D eigenvalue weighted by molar-refractivity contribution is 5.76. The molecule has 0 saturated carbocycles. The summed E-state index contributed by atoms with van der Waals surface area (Å²) in [5, 5.41) is 13.9. The summed E-state index contributed by atoms with van der Waals surface area (Å²) in [6.07, 6.45) is 9.00. The number of nitrogens with zero attached hydrogens (tertiary/aromatic N) is 1. The van der Waals surface area contributed by atoms with E-state index >= 15 is 0 Å². The molecule has 1 aromatic rings. The second-order valence-electron chi connectivity index (χ2n) is 6.28. The van der Waals surface area contributed by atoms with Crippen LogP contribution < -0.4 is 5.32 Å². The Hall–Kier alpha value is -1.95. The molecule has 140 valence electrons. The van der Waals surface area contributed by atoms with Crippen LogP contribution in [0.2, 0.25) is 0 Å². The quantitative estimate of drug-likeness (QED) is 0.251. The molecule has 0 spiro atoms. The third-order valence-corrected chi connectivity index (χ3v) is 4.24. The summed E-state index contributed by atoms with van der Waals surface area (Å²) in [5.41, 5.74) is 0.919. The SMILES string of the molecule is CCCCCCCCCN[C@H](Cc1ccc([N+](=O)[O-])cc1)C(=O)OC. The van der Waals surface area contributed by atoms with Crippen molar-refractivity contribution < 1.29 is 14.5 Å². The molecule has 0 aliphatic rings. The zero-order chi connectivity index (χ0) is 18.5. The molecule has 25 heavy (non-hydrogen) atoms. The maximum atomic E-state index is 11.9. The second-order valence-corrected chi connectivity index (χ2v) is 6.28. The Kier molecular flexibility index (Phi) is 10.5. The van der Waals surface area contributed by atoms with Crippen molar-refractivity contribution in [1.82, 2.24) is 5.32 Å². The lowest BCUT2D eigenvalue weighted by atomic mass is 10.0. The number of benzene rings is 1. The van der Waals surface area contributed by atoms with Crippen LogP contribution in [0.15, 0.2) is 24.3 Å². The van der Waals surface area contributed by atoms with E-state index in [0.717, 1.165) is 24.9 Å². The fourth-order valence-electron chi connectivity index (χ4n) is 2.73. The van der Waals surface area contributed by atoms with Crippen molar-refractivity contribution in [3.05, 3.63) is 39.9 Å². The number of hydrogen-bond donors (Lipinski definition) is 1. The second kappa shape index (κ2) is 12.4. The molecule has 0 saturated heterocycles. The van der Waals surface area contributed by atoms with E-state index in [1.807, 2.05) is 0 Å². The van der Waals surface area contributed by atoms with Gasteiger partial charge in [-0.2, -0.15) is 0 Å². The van der Waals surface area contributed by atoms with Gasteiger partial charge in [0.2, 0.25) is 0 Å². The predicted octanol–water partition coefficient (Wildman–Crippen LogP) is 4.02. The van der Waals surface area contributed by atoms with Gasteiger partial charge in [0.05, 0.1) is 12.0 Å². The van der Waals surface area contributed by atoms with E-state index in [2.05, 4.69) is 12.2 Å². The Labute approximate surface area is 150 Å². The highest BCUT2D eigenvalue weighted by Crippen LogP contribution is 2.14. The summed E-state index contributed by atoms with van der Waals surface area (Å²) >= 11 is 0. The molecule has 0 bridgehead atoms. The fraction of sp³-hybridized carbons (Fsp3) is 0.632. The van der Waals surface area contributed by atoms with Crippen molar-refractivity contribution in [3.63, 3.8) is 0 Å². The molecule has 0 aliphatic carbocycles. The van der Waals surface area contributed by atoms with Gasteiger partial charge in [0, 0.05) is 12.1 Å². The normalized spacial score (nSPS) is 11.9. The Morgan fingerprint density at radius 1 is 1.12 bits per heavy atom. The molecular formula is C19H30N2O4. The third-order valence-electron chi connectivity index (χ3n) is 4.24. The molecule has 1 atom stereocenters. The van der Waals surface area contributed by atoms with Crippen LogP contribution in [-0.4, -0.2) is 30.6 Å². The first-order valence-corrected chi connectivity index (χ1v) is 9.13. The Balaban J connectivity index is 2.39. The van der Waals surface area contributed by atoms with Gasteiger partial charge in [-0.25, -0.2) is 0 Å². The molecule has 1 rings (SSSR count). The van der Waals surface area contributed by atoms with Gasteiger partial charge in [-0.05, 0) is 24.9 Å². The monoisotopic (exact) mass is 350 g/mol. The van der Waals surface area contributed by atoms with Crippen LogP contribution in [0.5, 0.6) is 0 Å². The maximum absolute atomic E-state index is 11.9. The minimum atomic E-state index is -0.430. The number of unbranched alkanes of at least 4 members (excludes halogenated alkanes) is 6. The summed E-state index contributed by atoms with van der Waals surface area (Å²) in [6.45, 7) is 2.97. The smallest absolute Gasteiger partial charge is 0.323 e. The average Bonchev–Trinajstić information content (AvgIpc) is 2.62. The number of hydrogen-bond acceptors (Lipinski definition) is 5. The number of nitrogens with one attached hydrogen (secondary N) is 1. The van der Waals surface area contributed by atoms with Crippen molar-refractivity contribution in [2.75, 3.05) is 13.7 Å². The predicted molar refractivity (Wildman–Crippen MR) is 98.6 cm³/mol. The lowest BCUT2D eigenvalue weighted by molar-refractivity contribution is -0.384. The summed E-state index contributed by atoms with van der Waals surface area (Å²) < 4.78 is 4.86. The number of esters is 1. The van der Waals surface area contributed by atoms with E-state index in [4.69, 9.17) is 4.74 Å². The number of carbonyl (C=O) groups excluding carboxylic acids is 1. The fourth-order valence-corrected chi connectivity index (χ4v) is 2.73. The number of nitro benzene ring substituents is 1. The first-order valence-electron chi connectivity index (χ1n) is 9.13. The van der Waals surface area contributed by atoms with Crippen LogP contribution in [0.25, 0.3) is 0 Å². The molecule has 0 aliphatic heterocycles. The largest absolute Gasteiger partial charge is 0.468 e. The molecule has 0 heterocycles. The first kappa shape index (κ1) is 21.1. The third kappa shape index (κ3) is 8.63. The summed E-state index contributed by atoms with van der Waals surface area (Å²) in [5.74, 6) is -0.304. The van der Waals surface area contributed by atoms with Gasteiger partial charge < -0.3 is 10.1 Å². The molecule has 0 radical (unpaired) electrons. The molecular weight excluding hydrogens is 320 g/mol. The van der Waals surface area contributed by atoms with E-state index in [-0.39, 0.29) is 11.7 Å². The van der Waals surface area contributed by atoms with Crippen molar-refractivity contribution in [2.45, 2.75) is 64.3 Å². The lowest BCUT2D eigenvalue weighted by Crippen LogP contribution is -2.40. The van der Waals surface area contributed by atoms with E-state index < -0.39 is 11.0 Å². The lowest BCUT2D eigenvalue weighted by Gasteiger charge is -2.16. The van der Waals surface area contributed by atoms with Crippen molar-refractivity contribution in [3.8, 4) is 0 Å². The topological polar surface area (TPSA) is 81.5 Å². The van der Waals surface area contributed by atoms with Crippen LogP contribution in [0.1, 0.15) is 57.4 Å². The number of non-ortho nitro benzene ring substituents is 1. The molecule has 6 nitrogen and oxygen atoms in total. The van der Waals surface area contributed by atoms with Crippen LogP contribution in [-0.2, 0) is 16.0 Å². The number of carbonyl (C=O) groups is 1. The minimum absolute atomic E-state index is 0.0504. The van der Waals surface area contributed by atoms with Gasteiger partial charge in [0.15, 0.2) is 0 Å². The van der Waals surface area contributed by atoms with Gasteiger partial charge in [0.25, 0.3) is 5.69 Å². The average molecular weight is 350 g/mol. The highest BCUT2D eigenvalue weighted by Gasteiger charge is 2.19. The van der Waals surface area contributed by atoms with Crippen LogP contribution in [0.3, 0.4) is 0 Å². The van der Waals surface area contributed by atoms with E-state index in [1.54, 1.807) is 12.1 Å². The van der Waals surface area contributed by atoms with Crippen molar-refractivity contribution >= 4 is 11.7 Å². The van der Waals surface area contributed by atoms with Crippen molar-refractivity contribution in [2.24, 2.45) is 0 Å². The highest BCUT2D eigenvalue weighted by atomic mass is 16.6. The summed E-state index contributed by atoms with van der Waals surface area (Å²) in [7, 11) is 1.38. The molecule has 0 unspecified atom stereocenters. The van der Waals surface area contributed by atoms with Gasteiger partial charge in [-0.3, -0.25) is 14.9 Å². The zero-order valence-corrected chi connectivity index (χ0v) is 15.3. The minimum Gasteiger partial charge on any atom is -0.468 e. The number of nitro groups is 1. The Morgan fingerprint density at radius 3 is 2.28 bits per heavy atom. The Morgan fingerprint density at radius 2 is 1.72 bits per heavy atom. The Bertz CT molecular complexity index is 517. The molecule has 0 amide bonds. The zero-order valence-electron chi connectivity index (χ0n) is 15.3. The van der Waals surface area contributed by atoms with Gasteiger partial charge in [0.1, 0.15) is 6.04 Å².